The third kappa shape index (κ3) is 3.85. The molecule has 0 fully saturated rings. The van der Waals surface area contributed by atoms with Gasteiger partial charge in [0.05, 0.1) is 5.56 Å². The van der Waals surface area contributed by atoms with Crippen LogP contribution in [0.25, 0.3) is 11.1 Å². The molecular formula is C22H19ClFNO. The van der Waals surface area contributed by atoms with E-state index in [2.05, 4.69) is 4.90 Å². The van der Waals surface area contributed by atoms with Gasteiger partial charge in [0.1, 0.15) is 5.82 Å². The summed E-state index contributed by atoms with van der Waals surface area (Å²) in [5.41, 5.74) is 3.22. The molecule has 132 valence electrons. The summed E-state index contributed by atoms with van der Waals surface area (Å²) in [6.45, 7) is 0.728. The van der Waals surface area contributed by atoms with E-state index in [1.165, 1.54) is 12.1 Å². The molecule has 0 saturated carbocycles. The monoisotopic (exact) mass is 367 g/mol. The van der Waals surface area contributed by atoms with Crippen molar-refractivity contribution in [2.45, 2.75) is 6.54 Å². The highest BCUT2D eigenvalue weighted by Gasteiger charge is 2.19. The van der Waals surface area contributed by atoms with Gasteiger partial charge in [0.15, 0.2) is 5.78 Å². The molecule has 4 heteroatoms. The van der Waals surface area contributed by atoms with Gasteiger partial charge >= 0.3 is 0 Å². The Kier molecular flexibility index (Phi) is 5.50. The first-order valence-corrected chi connectivity index (χ1v) is 8.67. The van der Waals surface area contributed by atoms with Crippen molar-refractivity contribution in [1.29, 1.82) is 0 Å². The maximum atomic E-state index is 14.2. The molecule has 0 radical (unpaired) electrons. The van der Waals surface area contributed by atoms with E-state index in [0.717, 1.165) is 23.2 Å². The van der Waals surface area contributed by atoms with E-state index in [4.69, 9.17) is 11.6 Å². The number of hydrogen-bond donors (Lipinski definition) is 0. The van der Waals surface area contributed by atoms with Crippen molar-refractivity contribution in [3.63, 3.8) is 0 Å². The van der Waals surface area contributed by atoms with Crippen LogP contribution in [0.2, 0.25) is 5.02 Å². The summed E-state index contributed by atoms with van der Waals surface area (Å²) < 4.78 is 14.2. The molecule has 0 aliphatic heterocycles. The van der Waals surface area contributed by atoms with Crippen LogP contribution in [-0.2, 0) is 6.54 Å². The summed E-state index contributed by atoms with van der Waals surface area (Å²) >= 11 is 6.15. The summed E-state index contributed by atoms with van der Waals surface area (Å²) in [5.74, 6) is -0.912. The molecule has 0 atom stereocenters. The van der Waals surface area contributed by atoms with Gasteiger partial charge in [-0.2, -0.15) is 0 Å². The number of halogens is 2. The van der Waals surface area contributed by atoms with Crippen LogP contribution in [0.3, 0.4) is 0 Å². The van der Waals surface area contributed by atoms with E-state index in [-0.39, 0.29) is 11.3 Å². The van der Waals surface area contributed by atoms with Crippen LogP contribution in [0.5, 0.6) is 0 Å². The molecular weight excluding hydrogens is 349 g/mol. The molecule has 0 bridgehead atoms. The van der Waals surface area contributed by atoms with Crippen LogP contribution in [0, 0.1) is 5.82 Å². The molecule has 26 heavy (non-hydrogen) atoms. The van der Waals surface area contributed by atoms with Gasteiger partial charge in [0, 0.05) is 17.1 Å². The molecule has 0 saturated heterocycles. The lowest BCUT2D eigenvalue weighted by atomic mass is 9.91. The Labute approximate surface area is 157 Å². The minimum atomic E-state index is -0.537. The number of rotatable bonds is 5. The molecule has 0 spiro atoms. The molecule has 0 N–H and O–H groups in total. The van der Waals surface area contributed by atoms with Crippen molar-refractivity contribution in [2.75, 3.05) is 14.1 Å². The van der Waals surface area contributed by atoms with Crippen molar-refractivity contribution in [2.24, 2.45) is 0 Å². The van der Waals surface area contributed by atoms with E-state index in [0.29, 0.717) is 10.6 Å². The van der Waals surface area contributed by atoms with Crippen molar-refractivity contribution in [1.82, 2.24) is 4.90 Å². The second-order valence-corrected chi connectivity index (χ2v) is 6.83. The smallest absolute Gasteiger partial charge is 0.196 e. The molecule has 0 unspecified atom stereocenters. The normalized spacial score (nSPS) is 11.0. The van der Waals surface area contributed by atoms with Crippen molar-refractivity contribution in [3.05, 3.63) is 94.3 Å². The predicted molar refractivity (Wildman–Crippen MR) is 104 cm³/mol. The maximum absolute atomic E-state index is 14.2. The minimum Gasteiger partial charge on any atom is -0.305 e. The van der Waals surface area contributed by atoms with Crippen LogP contribution in [-0.4, -0.2) is 24.8 Å². The summed E-state index contributed by atoms with van der Waals surface area (Å²) in [6.07, 6.45) is 0. The zero-order valence-electron chi connectivity index (χ0n) is 14.7. The first kappa shape index (κ1) is 18.3. The van der Waals surface area contributed by atoms with E-state index >= 15 is 0 Å². The largest absolute Gasteiger partial charge is 0.305 e. The average molecular weight is 368 g/mol. The number of hydrogen-bond acceptors (Lipinski definition) is 2. The van der Waals surface area contributed by atoms with Crippen LogP contribution < -0.4 is 0 Å². The quantitative estimate of drug-likeness (QED) is 0.560. The number of nitrogens with zero attached hydrogens (tertiary/aromatic N) is 1. The van der Waals surface area contributed by atoms with E-state index < -0.39 is 5.82 Å². The Balaban J connectivity index is 2.17. The Hall–Kier alpha value is -2.49. The molecule has 0 aromatic heterocycles. The second kappa shape index (κ2) is 7.81. The molecule has 0 heterocycles. The van der Waals surface area contributed by atoms with Crippen molar-refractivity contribution in [3.8, 4) is 11.1 Å². The SMILES string of the molecule is CN(C)Cc1ccccc1-c1ccc(Cl)cc1C(=O)c1ccccc1F. The molecule has 0 aliphatic carbocycles. The Morgan fingerprint density at radius 1 is 0.923 bits per heavy atom. The maximum Gasteiger partial charge on any atom is 0.196 e. The zero-order chi connectivity index (χ0) is 18.7. The number of benzene rings is 3. The van der Waals surface area contributed by atoms with E-state index in [1.807, 2.05) is 44.4 Å². The van der Waals surface area contributed by atoms with Gasteiger partial charge in [0.2, 0.25) is 0 Å². The second-order valence-electron chi connectivity index (χ2n) is 6.39. The van der Waals surface area contributed by atoms with Crippen LogP contribution in [0.15, 0.2) is 66.7 Å². The van der Waals surface area contributed by atoms with E-state index in [1.54, 1.807) is 24.3 Å². The third-order valence-corrected chi connectivity index (χ3v) is 4.37. The first-order valence-electron chi connectivity index (χ1n) is 8.29. The fraction of sp³-hybridized carbons (Fsp3) is 0.136. The van der Waals surface area contributed by atoms with Crippen LogP contribution in [0.4, 0.5) is 4.39 Å². The fourth-order valence-corrected chi connectivity index (χ4v) is 3.16. The summed E-state index contributed by atoms with van der Waals surface area (Å²) in [5, 5.41) is 0.443. The van der Waals surface area contributed by atoms with Crippen LogP contribution >= 0.6 is 11.6 Å². The standard InChI is InChI=1S/C22H19ClFNO/c1-25(2)14-15-7-3-4-8-17(15)18-12-11-16(23)13-20(18)22(26)19-9-5-6-10-21(19)24/h3-13H,14H2,1-2H3. The minimum absolute atomic E-state index is 0.0427. The van der Waals surface area contributed by atoms with Crippen molar-refractivity contribution < 1.29 is 9.18 Å². The molecule has 0 amide bonds. The summed E-state index contributed by atoms with van der Waals surface area (Å²) in [4.78, 5) is 15.1. The van der Waals surface area contributed by atoms with Crippen molar-refractivity contribution >= 4 is 17.4 Å². The average Bonchev–Trinajstić information content (AvgIpc) is 2.62. The summed E-state index contributed by atoms with van der Waals surface area (Å²) in [6, 6.07) is 19.1. The van der Waals surface area contributed by atoms with Gasteiger partial charge in [-0.15, -0.1) is 0 Å². The lowest BCUT2D eigenvalue weighted by Gasteiger charge is -2.17. The Morgan fingerprint density at radius 2 is 1.62 bits per heavy atom. The van der Waals surface area contributed by atoms with Gasteiger partial charge in [-0.25, -0.2) is 4.39 Å². The van der Waals surface area contributed by atoms with Gasteiger partial charge in [-0.3, -0.25) is 4.79 Å². The molecule has 3 aromatic carbocycles. The van der Waals surface area contributed by atoms with Gasteiger partial charge in [-0.05, 0) is 55.1 Å². The Morgan fingerprint density at radius 3 is 2.35 bits per heavy atom. The number of carbonyl (C=O) groups excluding carboxylic acids is 1. The molecule has 0 aliphatic rings. The topological polar surface area (TPSA) is 20.3 Å². The number of ketones is 1. The number of carbonyl (C=O) groups is 1. The fourth-order valence-electron chi connectivity index (χ4n) is 2.99. The third-order valence-electron chi connectivity index (χ3n) is 4.14. The van der Waals surface area contributed by atoms with Gasteiger partial charge < -0.3 is 4.90 Å². The highest BCUT2D eigenvalue weighted by atomic mass is 35.5. The molecule has 3 rings (SSSR count). The van der Waals surface area contributed by atoms with Gasteiger partial charge in [0.25, 0.3) is 0 Å². The van der Waals surface area contributed by atoms with Gasteiger partial charge in [-0.1, -0.05) is 54.1 Å². The zero-order valence-corrected chi connectivity index (χ0v) is 15.4. The predicted octanol–water partition coefficient (Wildman–Crippen LogP) is 5.44. The molecule has 3 aromatic rings. The van der Waals surface area contributed by atoms with Crippen LogP contribution in [0.1, 0.15) is 21.5 Å². The van der Waals surface area contributed by atoms with E-state index in [9.17, 15) is 9.18 Å². The highest BCUT2D eigenvalue weighted by molar-refractivity contribution is 6.31. The first-order chi connectivity index (χ1) is 12.5. The Bertz CT molecular complexity index is 952. The lowest BCUT2D eigenvalue weighted by molar-refractivity contribution is 0.103. The lowest BCUT2D eigenvalue weighted by Crippen LogP contribution is -2.12. The highest BCUT2D eigenvalue weighted by Crippen LogP contribution is 2.31. The summed E-state index contributed by atoms with van der Waals surface area (Å²) in [7, 11) is 3.98. The molecule has 2 nitrogen and oxygen atoms in total.